The zero-order valence-electron chi connectivity index (χ0n) is 21.8. The van der Waals surface area contributed by atoms with Gasteiger partial charge in [0.25, 0.3) is 0 Å². The minimum Gasteiger partial charge on any atom is -0.493 e. The summed E-state index contributed by atoms with van der Waals surface area (Å²) in [4.78, 5) is 49.0. The number of rotatable bonds is 11. The number of nitrogens with one attached hydrogen (secondary N) is 2. The Morgan fingerprint density at radius 1 is 0.947 bits per heavy atom. The van der Waals surface area contributed by atoms with E-state index in [9.17, 15) is 19.2 Å². The summed E-state index contributed by atoms with van der Waals surface area (Å²) >= 11 is 2.17. The molecule has 2 rings (SSSR count). The van der Waals surface area contributed by atoms with E-state index in [0.29, 0.717) is 22.8 Å². The summed E-state index contributed by atoms with van der Waals surface area (Å²) in [5.74, 6) is -0.668. The van der Waals surface area contributed by atoms with Crippen molar-refractivity contribution in [3.63, 3.8) is 0 Å². The Kier molecular flexibility index (Phi) is 11.2. The van der Waals surface area contributed by atoms with Gasteiger partial charge in [-0.1, -0.05) is 12.1 Å². The van der Waals surface area contributed by atoms with Gasteiger partial charge < -0.3 is 35.3 Å². The number of esters is 1. The molecule has 11 nitrogen and oxygen atoms in total. The summed E-state index contributed by atoms with van der Waals surface area (Å²) in [6.07, 6.45) is -1.33. The second-order valence-corrected chi connectivity index (χ2v) is 10.4. The van der Waals surface area contributed by atoms with Crippen molar-refractivity contribution in [2.24, 2.45) is 5.73 Å². The van der Waals surface area contributed by atoms with E-state index in [4.69, 9.17) is 24.7 Å². The Balaban J connectivity index is 2.14. The molecule has 0 bridgehead atoms. The number of ether oxygens (including phenoxy) is 4. The average molecular weight is 641 g/mol. The number of carbonyl (C=O) groups is 4. The molecule has 2 atom stereocenters. The fourth-order valence-corrected chi connectivity index (χ4v) is 3.72. The maximum absolute atomic E-state index is 12.9. The highest BCUT2D eigenvalue weighted by Gasteiger charge is 2.30. The molecule has 0 unspecified atom stereocenters. The molecule has 0 radical (unpaired) electrons. The lowest BCUT2D eigenvalue weighted by Gasteiger charge is -2.24. The maximum Gasteiger partial charge on any atom is 0.408 e. The zero-order chi connectivity index (χ0) is 28.5. The molecule has 0 heterocycles. The van der Waals surface area contributed by atoms with Gasteiger partial charge in [0.15, 0.2) is 11.5 Å². The number of halogens is 1. The number of hydrogen-bond acceptors (Lipinski definition) is 8. The van der Waals surface area contributed by atoms with E-state index in [2.05, 4.69) is 33.2 Å². The quantitative estimate of drug-likeness (QED) is 0.250. The minimum atomic E-state index is -1.35. The predicted molar refractivity (Wildman–Crippen MR) is 147 cm³/mol. The molecule has 2 aromatic carbocycles. The second kappa shape index (κ2) is 13.8. The molecule has 0 spiro atoms. The monoisotopic (exact) mass is 641 g/mol. The van der Waals surface area contributed by atoms with Gasteiger partial charge in [-0.2, -0.15) is 0 Å². The molecular formula is C26H32IN3O8. The first-order valence-electron chi connectivity index (χ1n) is 11.6. The fraction of sp³-hybridized carbons (Fsp3) is 0.385. The fourth-order valence-electron chi connectivity index (χ4n) is 3.25. The van der Waals surface area contributed by atoms with Gasteiger partial charge in [0.05, 0.1) is 20.6 Å². The van der Waals surface area contributed by atoms with Crippen molar-refractivity contribution in [2.75, 3.05) is 14.2 Å². The predicted octanol–water partition coefficient (Wildman–Crippen LogP) is 3.06. The van der Waals surface area contributed by atoms with Crippen LogP contribution in [-0.4, -0.2) is 55.8 Å². The van der Waals surface area contributed by atoms with Gasteiger partial charge in [0.2, 0.25) is 11.8 Å². The Morgan fingerprint density at radius 3 is 2.16 bits per heavy atom. The highest BCUT2D eigenvalue weighted by molar-refractivity contribution is 14.1. The standard InChI is InChI=1S/C26H32IN3O8/c1-26(2,3)38-25(34)30-18(14-22(28)31)23(32)29-19(24(33)36-5)12-15-6-9-17(10-7-15)37-21-13-16(27)8-11-20(21)35-4/h6-11,13,18-19H,12,14H2,1-5H3,(H2,28,31)(H,29,32)(H,30,34)/t18-,19+/m1/s1. The summed E-state index contributed by atoms with van der Waals surface area (Å²) < 4.78 is 22.2. The molecule has 206 valence electrons. The van der Waals surface area contributed by atoms with Crippen molar-refractivity contribution < 1.29 is 38.1 Å². The summed E-state index contributed by atoms with van der Waals surface area (Å²) in [6.45, 7) is 4.95. The molecule has 12 heteroatoms. The lowest BCUT2D eigenvalue weighted by atomic mass is 10.0. The van der Waals surface area contributed by atoms with Crippen LogP contribution in [0.25, 0.3) is 0 Å². The summed E-state index contributed by atoms with van der Waals surface area (Å²) in [6, 6.07) is 9.97. The molecule has 4 N–H and O–H groups in total. The van der Waals surface area contributed by atoms with E-state index < -0.39 is 48.0 Å². The lowest BCUT2D eigenvalue weighted by molar-refractivity contribution is -0.145. The number of methoxy groups -OCH3 is 2. The topological polar surface area (TPSA) is 155 Å². The van der Waals surface area contributed by atoms with Crippen molar-refractivity contribution in [2.45, 2.75) is 51.3 Å². The third-order valence-electron chi connectivity index (χ3n) is 4.93. The third-order valence-corrected chi connectivity index (χ3v) is 5.60. The van der Waals surface area contributed by atoms with Crippen LogP contribution in [0.5, 0.6) is 17.2 Å². The number of alkyl carbamates (subject to hydrolysis) is 1. The Labute approximate surface area is 234 Å². The summed E-state index contributed by atoms with van der Waals surface area (Å²) in [7, 11) is 2.74. The number of benzene rings is 2. The van der Waals surface area contributed by atoms with Crippen LogP contribution in [0.15, 0.2) is 42.5 Å². The van der Waals surface area contributed by atoms with Crippen molar-refractivity contribution in [3.8, 4) is 17.2 Å². The molecule has 0 saturated heterocycles. The van der Waals surface area contributed by atoms with Crippen LogP contribution in [0.2, 0.25) is 0 Å². The maximum atomic E-state index is 12.9. The highest BCUT2D eigenvalue weighted by atomic mass is 127. The average Bonchev–Trinajstić information content (AvgIpc) is 2.82. The van der Waals surface area contributed by atoms with Crippen molar-refractivity contribution in [1.29, 1.82) is 0 Å². The van der Waals surface area contributed by atoms with Gasteiger partial charge in [-0.25, -0.2) is 9.59 Å². The molecule has 0 aliphatic rings. The van der Waals surface area contributed by atoms with E-state index in [1.807, 2.05) is 12.1 Å². The number of carbonyl (C=O) groups excluding carboxylic acids is 4. The van der Waals surface area contributed by atoms with Gasteiger partial charge >= 0.3 is 12.1 Å². The van der Waals surface area contributed by atoms with Gasteiger partial charge in [-0.15, -0.1) is 0 Å². The third kappa shape index (κ3) is 10.1. The minimum absolute atomic E-state index is 0.0704. The summed E-state index contributed by atoms with van der Waals surface area (Å²) in [5.41, 5.74) is 5.11. The van der Waals surface area contributed by atoms with Gasteiger partial charge in [-0.05, 0) is 79.3 Å². The van der Waals surface area contributed by atoms with Crippen molar-refractivity contribution in [1.82, 2.24) is 10.6 Å². The Morgan fingerprint density at radius 2 is 1.61 bits per heavy atom. The largest absolute Gasteiger partial charge is 0.493 e. The van der Waals surface area contributed by atoms with Crippen LogP contribution in [0, 0.1) is 3.57 Å². The SMILES string of the molecule is COC(=O)[C@H](Cc1ccc(Oc2cc(I)ccc2OC)cc1)NC(=O)[C@@H](CC(N)=O)NC(=O)OC(C)(C)C. The van der Waals surface area contributed by atoms with Crippen LogP contribution in [0.1, 0.15) is 32.8 Å². The van der Waals surface area contributed by atoms with Crippen LogP contribution in [-0.2, 0) is 30.3 Å². The number of primary amides is 1. The second-order valence-electron chi connectivity index (χ2n) is 9.20. The van der Waals surface area contributed by atoms with Crippen LogP contribution >= 0.6 is 22.6 Å². The van der Waals surface area contributed by atoms with E-state index in [1.54, 1.807) is 58.2 Å². The molecule has 38 heavy (non-hydrogen) atoms. The molecule has 0 aliphatic heterocycles. The molecule has 0 fully saturated rings. The Bertz CT molecular complexity index is 1150. The van der Waals surface area contributed by atoms with Crippen LogP contribution < -0.4 is 25.8 Å². The number of amides is 3. The van der Waals surface area contributed by atoms with Gasteiger partial charge in [-0.3, -0.25) is 9.59 Å². The first-order valence-corrected chi connectivity index (χ1v) is 12.7. The molecule has 0 saturated carbocycles. The van der Waals surface area contributed by atoms with E-state index >= 15 is 0 Å². The first kappa shape index (κ1) is 30.7. The van der Waals surface area contributed by atoms with Crippen molar-refractivity contribution in [3.05, 3.63) is 51.6 Å². The molecule has 0 aliphatic carbocycles. The number of nitrogens with two attached hydrogens (primary N) is 1. The summed E-state index contributed by atoms with van der Waals surface area (Å²) in [5, 5.41) is 4.85. The normalized spacial score (nSPS) is 12.5. The zero-order valence-corrected chi connectivity index (χ0v) is 24.0. The highest BCUT2D eigenvalue weighted by Crippen LogP contribution is 2.33. The van der Waals surface area contributed by atoms with E-state index in [0.717, 1.165) is 3.57 Å². The molecule has 2 aromatic rings. The lowest BCUT2D eigenvalue weighted by Crippen LogP contribution is -2.54. The number of hydrogen-bond donors (Lipinski definition) is 3. The first-order chi connectivity index (χ1) is 17.8. The van der Waals surface area contributed by atoms with Gasteiger partial charge in [0.1, 0.15) is 23.4 Å². The van der Waals surface area contributed by atoms with Gasteiger partial charge in [0, 0.05) is 9.99 Å². The Hall–Kier alpha value is -3.55. The molecule has 0 aromatic heterocycles. The van der Waals surface area contributed by atoms with Crippen LogP contribution in [0.3, 0.4) is 0 Å². The van der Waals surface area contributed by atoms with E-state index in [1.165, 1.54) is 7.11 Å². The van der Waals surface area contributed by atoms with Crippen molar-refractivity contribution >= 4 is 46.5 Å². The molecular weight excluding hydrogens is 609 g/mol. The molecule has 3 amide bonds. The smallest absolute Gasteiger partial charge is 0.408 e. The van der Waals surface area contributed by atoms with E-state index in [-0.39, 0.29) is 6.42 Å². The van der Waals surface area contributed by atoms with Crippen LogP contribution in [0.4, 0.5) is 4.79 Å².